The summed E-state index contributed by atoms with van der Waals surface area (Å²) in [5.74, 6) is 1.26. The van der Waals surface area contributed by atoms with Crippen LogP contribution in [0.4, 0.5) is 5.95 Å². The van der Waals surface area contributed by atoms with Crippen molar-refractivity contribution in [2.75, 3.05) is 5.73 Å². The Balaban J connectivity index is 1.76. The summed E-state index contributed by atoms with van der Waals surface area (Å²) in [6.07, 6.45) is 9.34. The standard InChI is InChI=1S/C14H20N6O/c1-2-10-5-3-6-11(9-10)21-14-18-12(15)17-13(19-14)20-8-4-7-16-20/h4,7-8,10-11H,2-3,5-6,9H2,1H3,(H2,15,17,18,19). The SMILES string of the molecule is CCC1CCCC(Oc2nc(N)nc(-n3cccn3)n2)C1. The van der Waals surface area contributed by atoms with Crippen LogP contribution in [0.3, 0.4) is 0 Å². The van der Waals surface area contributed by atoms with E-state index in [9.17, 15) is 0 Å². The van der Waals surface area contributed by atoms with E-state index in [2.05, 4.69) is 27.0 Å². The molecule has 2 aromatic heterocycles. The molecule has 1 fully saturated rings. The van der Waals surface area contributed by atoms with Crippen LogP contribution in [-0.2, 0) is 0 Å². The van der Waals surface area contributed by atoms with E-state index < -0.39 is 0 Å². The Morgan fingerprint density at radius 3 is 3.00 bits per heavy atom. The normalized spacial score (nSPS) is 22.1. The zero-order valence-corrected chi connectivity index (χ0v) is 12.1. The lowest BCUT2D eigenvalue weighted by atomic mass is 9.86. The van der Waals surface area contributed by atoms with Crippen LogP contribution in [0, 0.1) is 5.92 Å². The number of hydrogen-bond donors (Lipinski definition) is 1. The van der Waals surface area contributed by atoms with Gasteiger partial charge in [-0.3, -0.25) is 0 Å². The van der Waals surface area contributed by atoms with Crippen LogP contribution in [0.25, 0.3) is 5.95 Å². The van der Waals surface area contributed by atoms with Crippen LogP contribution < -0.4 is 10.5 Å². The molecule has 0 amide bonds. The average molecular weight is 288 g/mol. The van der Waals surface area contributed by atoms with Gasteiger partial charge in [0.05, 0.1) is 0 Å². The van der Waals surface area contributed by atoms with Gasteiger partial charge in [-0.25, -0.2) is 4.68 Å². The van der Waals surface area contributed by atoms with Crippen LogP contribution >= 0.6 is 0 Å². The summed E-state index contributed by atoms with van der Waals surface area (Å²) in [7, 11) is 0. The molecule has 2 atom stereocenters. The molecule has 2 aromatic rings. The Morgan fingerprint density at radius 2 is 2.24 bits per heavy atom. The molecule has 1 aliphatic carbocycles. The van der Waals surface area contributed by atoms with E-state index >= 15 is 0 Å². The highest BCUT2D eigenvalue weighted by Gasteiger charge is 2.23. The molecule has 1 saturated carbocycles. The molecule has 0 radical (unpaired) electrons. The lowest BCUT2D eigenvalue weighted by Gasteiger charge is -2.28. The number of nitrogens with two attached hydrogens (primary N) is 1. The molecule has 7 heteroatoms. The van der Waals surface area contributed by atoms with Gasteiger partial charge in [-0.1, -0.05) is 19.8 Å². The summed E-state index contributed by atoms with van der Waals surface area (Å²) in [6, 6.07) is 2.09. The zero-order valence-electron chi connectivity index (χ0n) is 12.1. The third-order valence-electron chi connectivity index (χ3n) is 3.91. The van der Waals surface area contributed by atoms with Gasteiger partial charge >= 0.3 is 6.01 Å². The lowest BCUT2D eigenvalue weighted by Crippen LogP contribution is -2.26. The average Bonchev–Trinajstić information content (AvgIpc) is 3.01. The van der Waals surface area contributed by atoms with Gasteiger partial charge < -0.3 is 10.5 Å². The molecule has 2 unspecified atom stereocenters. The second-order valence-corrected chi connectivity index (χ2v) is 5.41. The summed E-state index contributed by atoms with van der Waals surface area (Å²) >= 11 is 0. The number of rotatable bonds is 4. The minimum absolute atomic E-state index is 0.147. The number of nitrogens with zero attached hydrogens (tertiary/aromatic N) is 5. The van der Waals surface area contributed by atoms with Gasteiger partial charge in [-0.2, -0.15) is 20.1 Å². The Hall–Kier alpha value is -2.18. The molecule has 7 nitrogen and oxygen atoms in total. The first-order valence-corrected chi connectivity index (χ1v) is 7.43. The summed E-state index contributed by atoms with van der Waals surface area (Å²) in [5, 5.41) is 4.09. The molecule has 0 spiro atoms. The Kier molecular flexibility index (Phi) is 3.98. The minimum atomic E-state index is 0.147. The maximum Gasteiger partial charge on any atom is 0.323 e. The molecule has 0 bridgehead atoms. The Bertz CT molecular complexity index is 585. The number of ether oxygens (including phenoxy) is 1. The zero-order chi connectivity index (χ0) is 14.7. The lowest BCUT2D eigenvalue weighted by molar-refractivity contribution is 0.111. The number of aromatic nitrogens is 5. The van der Waals surface area contributed by atoms with Crippen molar-refractivity contribution < 1.29 is 4.74 Å². The smallest absolute Gasteiger partial charge is 0.323 e. The quantitative estimate of drug-likeness (QED) is 0.925. The van der Waals surface area contributed by atoms with Gasteiger partial charge in [0.1, 0.15) is 6.10 Å². The van der Waals surface area contributed by atoms with Crippen LogP contribution in [0.15, 0.2) is 18.5 Å². The molecule has 0 aliphatic heterocycles. The first kappa shape index (κ1) is 13.8. The predicted molar refractivity (Wildman–Crippen MR) is 78.0 cm³/mol. The fraction of sp³-hybridized carbons (Fsp3) is 0.571. The maximum absolute atomic E-state index is 5.92. The van der Waals surface area contributed by atoms with Crippen LogP contribution in [-0.4, -0.2) is 30.8 Å². The van der Waals surface area contributed by atoms with Crippen molar-refractivity contribution in [2.45, 2.75) is 45.1 Å². The number of hydrogen-bond acceptors (Lipinski definition) is 6. The predicted octanol–water partition coefficient (Wildman–Crippen LogP) is 1.99. The molecule has 2 heterocycles. The van der Waals surface area contributed by atoms with Gasteiger partial charge in [0.15, 0.2) is 0 Å². The summed E-state index contributed by atoms with van der Waals surface area (Å²) < 4.78 is 7.47. The molecule has 21 heavy (non-hydrogen) atoms. The Labute approximate surface area is 123 Å². The van der Waals surface area contributed by atoms with Crippen molar-refractivity contribution in [2.24, 2.45) is 5.92 Å². The highest BCUT2D eigenvalue weighted by atomic mass is 16.5. The van der Waals surface area contributed by atoms with E-state index in [0.717, 1.165) is 18.8 Å². The van der Waals surface area contributed by atoms with Crippen molar-refractivity contribution >= 4 is 5.95 Å². The fourth-order valence-corrected chi connectivity index (χ4v) is 2.77. The molecular weight excluding hydrogens is 268 g/mol. The second-order valence-electron chi connectivity index (χ2n) is 5.41. The molecule has 0 saturated heterocycles. The van der Waals surface area contributed by atoms with E-state index in [1.54, 1.807) is 23.1 Å². The summed E-state index contributed by atoms with van der Waals surface area (Å²) in [6.45, 7) is 2.23. The highest BCUT2D eigenvalue weighted by molar-refractivity contribution is 5.24. The summed E-state index contributed by atoms with van der Waals surface area (Å²) in [5.41, 5.74) is 5.74. The van der Waals surface area contributed by atoms with E-state index in [-0.39, 0.29) is 18.1 Å². The van der Waals surface area contributed by atoms with Crippen LogP contribution in [0.1, 0.15) is 39.0 Å². The highest BCUT2D eigenvalue weighted by Crippen LogP contribution is 2.28. The third-order valence-corrected chi connectivity index (χ3v) is 3.91. The monoisotopic (exact) mass is 288 g/mol. The van der Waals surface area contributed by atoms with Gasteiger partial charge in [0.25, 0.3) is 5.95 Å². The first-order valence-electron chi connectivity index (χ1n) is 7.43. The number of nitrogen functional groups attached to an aromatic ring is 1. The largest absolute Gasteiger partial charge is 0.460 e. The molecule has 2 N–H and O–H groups in total. The summed E-state index contributed by atoms with van der Waals surface area (Å²) in [4.78, 5) is 12.5. The van der Waals surface area contributed by atoms with Crippen molar-refractivity contribution in [3.63, 3.8) is 0 Å². The maximum atomic E-state index is 5.92. The van der Waals surface area contributed by atoms with E-state index in [1.807, 2.05) is 0 Å². The van der Waals surface area contributed by atoms with Gasteiger partial charge in [-0.15, -0.1) is 0 Å². The second kappa shape index (κ2) is 6.07. The minimum Gasteiger partial charge on any atom is -0.460 e. The van der Waals surface area contributed by atoms with Crippen molar-refractivity contribution in [3.05, 3.63) is 18.5 Å². The fourth-order valence-electron chi connectivity index (χ4n) is 2.77. The molecular formula is C14H20N6O. The van der Waals surface area contributed by atoms with E-state index in [4.69, 9.17) is 10.5 Å². The topological polar surface area (TPSA) is 91.7 Å². The van der Waals surface area contributed by atoms with Crippen molar-refractivity contribution in [3.8, 4) is 12.0 Å². The van der Waals surface area contributed by atoms with Crippen molar-refractivity contribution in [1.82, 2.24) is 24.7 Å². The van der Waals surface area contributed by atoms with Gasteiger partial charge in [0.2, 0.25) is 5.95 Å². The van der Waals surface area contributed by atoms with Gasteiger partial charge in [0, 0.05) is 12.4 Å². The van der Waals surface area contributed by atoms with Crippen LogP contribution in [0.2, 0.25) is 0 Å². The van der Waals surface area contributed by atoms with Gasteiger partial charge in [-0.05, 0) is 31.2 Å². The number of anilines is 1. The van der Waals surface area contributed by atoms with Crippen LogP contribution in [0.5, 0.6) is 6.01 Å². The molecule has 1 aliphatic rings. The third kappa shape index (κ3) is 3.29. The molecule has 112 valence electrons. The Morgan fingerprint density at radius 1 is 1.33 bits per heavy atom. The van der Waals surface area contributed by atoms with E-state index in [1.165, 1.54) is 19.3 Å². The van der Waals surface area contributed by atoms with E-state index in [0.29, 0.717) is 5.95 Å². The van der Waals surface area contributed by atoms with Crippen molar-refractivity contribution in [1.29, 1.82) is 0 Å². The molecule has 3 rings (SSSR count). The first-order chi connectivity index (χ1) is 10.2. The molecule has 0 aromatic carbocycles.